The number of aliphatic hydroxyl groups is 1. The standard InChI is InChI=1S/C24H34N6O/c1-27-11-13-28(14-12-27)23-9-3-8-22-26-20(18-30(22)23)17-29(15-16-31)21-7-2-5-19-6-4-10-25-24(19)21/h3-4,6,8-10,20-21,31H,2,5,7,11-18H2,1H3/t20?,21-/m0/s1. The van der Waals surface area contributed by atoms with Gasteiger partial charge in [0.05, 0.1) is 24.4 Å². The average molecular weight is 423 g/mol. The zero-order valence-electron chi connectivity index (χ0n) is 18.5. The highest BCUT2D eigenvalue weighted by atomic mass is 16.3. The fourth-order valence-corrected chi connectivity index (χ4v) is 5.38. The van der Waals surface area contributed by atoms with Crippen molar-refractivity contribution in [3.05, 3.63) is 53.6 Å². The van der Waals surface area contributed by atoms with Gasteiger partial charge in [0.1, 0.15) is 11.7 Å². The third-order valence-corrected chi connectivity index (χ3v) is 7.02. The summed E-state index contributed by atoms with van der Waals surface area (Å²) in [5, 5.41) is 9.79. The van der Waals surface area contributed by atoms with Gasteiger partial charge in [0.15, 0.2) is 0 Å². The van der Waals surface area contributed by atoms with E-state index < -0.39 is 0 Å². The monoisotopic (exact) mass is 422 g/mol. The molecule has 3 aliphatic heterocycles. The topological polar surface area (TPSA) is 58.4 Å². The van der Waals surface area contributed by atoms with Crippen molar-refractivity contribution in [3.8, 4) is 0 Å². The van der Waals surface area contributed by atoms with Crippen LogP contribution in [0.25, 0.3) is 0 Å². The number of aliphatic hydroxyl groups excluding tert-OH is 1. The summed E-state index contributed by atoms with van der Waals surface area (Å²) in [4.78, 5) is 19.5. The molecule has 2 atom stereocenters. The largest absolute Gasteiger partial charge is 0.395 e. The first kappa shape index (κ1) is 20.7. The van der Waals surface area contributed by atoms with Gasteiger partial charge < -0.3 is 19.8 Å². The second kappa shape index (κ2) is 9.10. The SMILES string of the molecule is CN1CCN(C2=CC=CC3=NC(CN(CCO)[C@H]4CCCc5cccnc54)CN23)CC1. The van der Waals surface area contributed by atoms with Gasteiger partial charge in [-0.2, -0.15) is 0 Å². The number of likely N-dealkylation sites (N-methyl/N-ethyl adjacent to an activating group) is 1. The molecule has 31 heavy (non-hydrogen) atoms. The first-order valence-electron chi connectivity index (χ1n) is 11.7. The van der Waals surface area contributed by atoms with E-state index in [0.29, 0.717) is 6.54 Å². The molecule has 7 nitrogen and oxygen atoms in total. The van der Waals surface area contributed by atoms with Gasteiger partial charge in [0, 0.05) is 52.0 Å². The van der Waals surface area contributed by atoms with Crippen LogP contribution >= 0.6 is 0 Å². The number of aromatic nitrogens is 1. The summed E-state index contributed by atoms with van der Waals surface area (Å²) in [6, 6.07) is 4.73. The predicted molar refractivity (Wildman–Crippen MR) is 123 cm³/mol. The normalized spacial score (nSPS) is 26.0. The minimum Gasteiger partial charge on any atom is -0.395 e. The van der Waals surface area contributed by atoms with Crippen LogP contribution in [0.4, 0.5) is 0 Å². The van der Waals surface area contributed by atoms with E-state index in [9.17, 15) is 5.11 Å². The Morgan fingerprint density at radius 3 is 2.94 bits per heavy atom. The Labute approximate surface area is 185 Å². The van der Waals surface area contributed by atoms with Crippen molar-refractivity contribution in [3.63, 3.8) is 0 Å². The zero-order valence-corrected chi connectivity index (χ0v) is 18.5. The molecule has 0 spiro atoms. The van der Waals surface area contributed by atoms with E-state index in [1.165, 1.54) is 23.5 Å². The summed E-state index contributed by atoms with van der Waals surface area (Å²) < 4.78 is 0. The number of nitrogens with zero attached hydrogens (tertiary/aromatic N) is 6. The lowest BCUT2D eigenvalue weighted by Crippen LogP contribution is -2.48. The van der Waals surface area contributed by atoms with Crippen molar-refractivity contribution in [1.82, 2.24) is 24.6 Å². The highest BCUT2D eigenvalue weighted by Gasteiger charge is 2.34. The first-order chi connectivity index (χ1) is 15.2. The van der Waals surface area contributed by atoms with E-state index in [1.807, 2.05) is 12.3 Å². The third kappa shape index (κ3) is 4.27. The van der Waals surface area contributed by atoms with Gasteiger partial charge in [0.2, 0.25) is 0 Å². The fourth-order valence-electron chi connectivity index (χ4n) is 5.38. The first-order valence-corrected chi connectivity index (χ1v) is 11.7. The van der Waals surface area contributed by atoms with Crippen LogP contribution in [0.5, 0.6) is 0 Å². The molecule has 1 fully saturated rings. The fraction of sp³-hybridized carbons (Fsp3) is 0.583. The lowest BCUT2D eigenvalue weighted by atomic mass is 9.90. The maximum absolute atomic E-state index is 9.79. The molecule has 1 aliphatic carbocycles. The van der Waals surface area contributed by atoms with Crippen molar-refractivity contribution in [2.75, 3.05) is 59.5 Å². The van der Waals surface area contributed by atoms with Gasteiger partial charge in [-0.05, 0) is 50.1 Å². The van der Waals surface area contributed by atoms with Gasteiger partial charge in [-0.15, -0.1) is 0 Å². The molecular weight excluding hydrogens is 388 g/mol. The predicted octanol–water partition coefficient (Wildman–Crippen LogP) is 1.49. The van der Waals surface area contributed by atoms with Crippen molar-refractivity contribution >= 4 is 5.84 Å². The number of hydrogen-bond acceptors (Lipinski definition) is 7. The number of rotatable bonds is 6. The highest BCUT2D eigenvalue weighted by molar-refractivity contribution is 5.96. The van der Waals surface area contributed by atoms with Crippen molar-refractivity contribution in [2.45, 2.75) is 31.3 Å². The van der Waals surface area contributed by atoms with Gasteiger partial charge in [-0.3, -0.25) is 14.9 Å². The van der Waals surface area contributed by atoms with E-state index >= 15 is 0 Å². The summed E-state index contributed by atoms with van der Waals surface area (Å²) >= 11 is 0. The van der Waals surface area contributed by atoms with Crippen molar-refractivity contribution in [2.24, 2.45) is 4.99 Å². The Morgan fingerprint density at radius 1 is 1.23 bits per heavy atom. The number of hydrogen-bond donors (Lipinski definition) is 1. The molecule has 1 unspecified atom stereocenters. The van der Waals surface area contributed by atoms with Crippen LogP contribution in [-0.4, -0.2) is 101 Å². The summed E-state index contributed by atoms with van der Waals surface area (Å²) in [6.07, 6.45) is 11.8. The van der Waals surface area contributed by atoms with E-state index in [2.05, 4.69) is 50.9 Å². The van der Waals surface area contributed by atoms with E-state index in [-0.39, 0.29) is 18.7 Å². The second-order valence-corrected chi connectivity index (χ2v) is 9.10. The Hall–Kier alpha value is -2.22. The Kier molecular flexibility index (Phi) is 6.07. The number of allylic oxidation sites excluding steroid dienone is 2. The molecule has 0 aromatic carbocycles. The highest BCUT2D eigenvalue weighted by Crippen LogP contribution is 2.33. The molecule has 0 bridgehead atoms. The summed E-state index contributed by atoms with van der Waals surface area (Å²) in [7, 11) is 2.19. The lowest BCUT2D eigenvalue weighted by molar-refractivity contribution is 0.125. The average Bonchev–Trinajstić information content (AvgIpc) is 3.22. The molecule has 1 aromatic heterocycles. The van der Waals surface area contributed by atoms with Crippen LogP contribution in [-0.2, 0) is 6.42 Å². The molecule has 7 heteroatoms. The van der Waals surface area contributed by atoms with Gasteiger partial charge >= 0.3 is 0 Å². The number of amidine groups is 1. The quantitative estimate of drug-likeness (QED) is 0.750. The minimum absolute atomic E-state index is 0.165. The third-order valence-electron chi connectivity index (χ3n) is 7.02. The number of piperazine rings is 1. The Morgan fingerprint density at radius 2 is 2.10 bits per heavy atom. The maximum Gasteiger partial charge on any atom is 0.129 e. The molecule has 4 heterocycles. The Balaban J connectivity index is 1.30. The summed E-state index contributed by atoms with van der Waals surface area (Å²) in [5.41, 5.74) is 2.56. The zero-order chi connectivity index (χ0) is 21.2. The summed E-state index contributed by atoms with van der Waals surface area (Å²) in [5.74, 6) is 2.36. The number of fused-ring (bicyclic) bond motifs is 2. The molecule has 1 N–H and O–H groups in total. The lowest BCUT2D eigenvalue weighted by Gasteiger charge is -2.40. The molecule has 1 aromatic rings. The van der Waals surface area contributed by atoms with Crippen LogP contribution in [0.2, 0.25) is 0 Å². The van der Waals surface area contributed by atoms with E-state index in [0.717, 1.165) is 57.9 Å². The van der Waals surface area contributed by atoms with Crippen molar-refractivity contribution in [1.29, 1.82) is 0 Å². The van der Waals surface area contributed by atoms with Gasteiger partial charge in [-0.25, -0.2) is 0 Å². The smallest absolute Gasteiger partial charge is 0.129 e. The summed E-state index contributed by atoms with van der Waals surface area (Å²) in [6.45, 7) is 6.91. The van der Waals surface area contributed by atoms with Crippen LogP contribution in [0.15, 0.2) is 47.4 Å². The van der Waals surface area contributed by atoms with E-state index in [1.54, 1.807) is 0 Å². The minimum atomic E-state index is 0.165. The maximum atomic E-state index is 9.79. The molecule has 0 saturated carbocycles. The molecule has 1 saturated heterocycles. The molecule has 0 radical (unpaired) electrons. The van der Waals surface area contributed by atoms with Gasteiger partial charge in [-0.1, -0.05) is 12.1 Å². The number of aliphatic imine (C=N–C) groups is 1. The molecule has 4 aliphatic rings. The Bertz CT molecular complexity index is 873. The number of pyridine rings is 1. The van der Waals surface area contributed by atoms with Crippen LogP contribution in [0, 0.1) is 0 Å². The van der Waals surface area contributed by atoms with Crippen LogP contribution in [0.3, 0.4) is 0 Å². The van der Waals surface area contributed by atoms with Gasteiger partial charge in [0.25, 0.3) is 0 Å². The molecular formula is C24H34N6O. The number of aryl methyl sites for hydroxylation is 1. The van der Waals surface area contributed by atoms with Crippen LogP contribution in [0.1, 0.15) is 30.1 Å². The molecule has 0 amide bonds. The molecule has 166 valence electrons. The van der Waals surface area contributed by atoms with Crippen molar-refractivity contribution < 1.29 is 5.11 Å². The second-order valence-electron chi connectivity index (χ2n) is 9.10. The van der Waals surface area contributed by atoms with E-state index in [4.69, 9.17) is 9.98 Å². The molecule has 5 rings (SSSR count). The van der Waals surface area contributed by atoms with Crippen LogP contribution < -0.4 is 0 Å².